The van der Waals surface area contributed by atoms with Crippen LogP contribution in [0.2, 0.25) is 5.02 Å². The van der Waals surface area contributed by atoms with Crippen LogP contribution in [0.4, 0.5) is 10.1 Å². The largest absolute Gasteiger partial charge is 0.484 e. The van der Waals surface area contributed by atoms with E-state index < -0.39 is 0 Å². The Balaban J connectivity index is 1.38. The molecule has 0 atom stereocenters. The molecule has 1 aliphatic rings. The molecule has 0 bridgehead atoms. The summed E-state index contributed by atoms with van der Waals surface area (Å²) >= 11 is 5.89. The first-order valence-corrected chi connectivity index (χ1v) is 13.3. The second-order valence-electron chi connectivity index (χ2n) is 9.54. The van der Waals surface area contributed by atoms with Crippen molar-refractivity contribution in [2.45, 2.75) is 13.5 Å². The summed E-state index contributed by atoms with van der Waals surface area (Å²) in [5.74, 6) is -0.144. The summed E-state index contributed by atoms with van der Waals surface area (Å²) in [6, 6.07) is 20.5. The zero-order valence-corrected chi connectivity index (χ0v) is 22.5. The Labute approximate surface area is 231 Å². The van der Waals surface area contributed by atoms with E-state index in [2.05, 4.69) is 17.1 Å². The summed E-state index contributed by atoms with van der Waals surface area (Å²) in [7, 11) is 0. The molecule has 5 rings (SSSR count). The van der Waals surface area contributed by atoms with Gasteiger partial charge in [0.15, 0.2) is 6.61 Å². The molecule has 2 amide bonds. The average Bonchev–Trinajstić information content (AvgIpc) is 3.29. The number of benzene rings is 3. The predicted molar refractivity (Wildman–Crippen MR) is 151 cm³/mol. The molecule has 1 aliphatic heterocycles. The monoisotopic (exact) mass is 548 g/mol. The minimum atomic E-state index is -0.321. The van der Waals surface area contributed by atoms with Crippen LogP contribution in [0.25, 0.3) is 10.9 Å². The van der Waals surface area contributed by atoms with Crippen LogP contribution in [0.5, 0.6) is 5.75 Å². The van der Waals surface area contributed by atoms with E-state index in [1.54, 1.807) is 36.4 Å². The van der Waals surface area contributed by atoms with Gasteiger partial charge in [-0.1, -0.05) is 30.7 Å². The number of rotatable bonds is 8. The summed E-state index contributed by atoms with van der Waals surface area (Å²) in [6.45, 7) is 6.24. The number of anilines is 1. The van der Waals surface area contributed by atoms with Gasteiger partial charge in [-0.05, 0) is 72.8 Å². The van der Waals surface area contributed by atoms with Gasteiger partial charge in [-0.25, -0.2) is 4.39 Å². The lowest BCUT2D eigenvalue weighted by atomic mass is 10.2. The molecule has 1 N–H and O–H groups in total. The van der Waals surface area contributed by atoms with Crippen LogP contribution < -0.4 is 10.1 Å². The lowest BCUT2D eigenvalue weighted by Crippen LogP contribution is -2.48. The number of nitrogens with zero attached hydrogens (tertiary/aromatic N) is 3. The zero-order valence-electron chi connectivity index (χ0n) is 21.7. The van der Waals surface area contributed by atoms with Gasteiger partial charge in [-0.15, -0.1) is 0 Å². The van der Waals surface area contributed by atoms with Crippen molar-refractivity contribution in [1.82, 2.24) is 14.4 Å². The Morgan fingerprint density at radius 1 is 0.974 bits per heavy atom. The van der Waals surface area contributed by atoms with Crippen LogP contribution in [0.3, 0.4) is 0 Å². The number of carbonyl (C=O) groups excluding carboxylic acids is 2. The fraction of sp³-hybridized carbons (Fsp3) is 0.267. The number of aromatic nitrogens is 1. The molecule has 0 aliphatic carbocycles. The van der Waals surface area contributed by atoms with Crippen LogP contribution in [-0.2, 0) is 11.3 Å². The summed E-state index contributed by atoms with van der Waals surface area (Å²) in [6.07, 6.45) is 0. The molecule has 3 aromatic carbocycles. The maximum Gasteiger partial charge on any atom is 0.270 e. The Hall–Kier alpha value is -3.88. The first-order chi connectivity index (χ1) is 18.9. The van der Waals surface area contributed by atoms with Gasteiger partial charge < -0.3 is 24.4 Å². The zero-order chi connectivity index (χ0) is 27.4. The van der Waals surface area contributed by atoms with E-state index in [9.17, 15) is 14.0 Å². The Kier molecular flexibility index (Phi) is 8.14. The highest BCUT2D eigenvalue weighted by molar-refractivity contribution is 6.30. The second kappa shape index (κ2) is 11.9. The number of piperazine rings is 1. The van der Waals surface area contributed by atoms with Crippen molar-refractivity contribution >= 4 is 40.0 Å². The Morgan fingerprint density at radius 2 is 1.74 bits per heavy atom. The summed E-state index contributed by atoms with van der Waals surface area (Å²) in [5.41, 5.74) is 2.71. The molecule has 1 aromatic heterocycles. The molecule has 9 heteroatoms. The van der Waals surface area contributed by atoms with Crippen LogP contribution in [0.1, 0.15) is 23.0 Å². The molecular formula is C30H30ClFN4O3. The molecule has 1 fully saturated rings. The third-order valence-electron chi connectivity index (χ3n) is 6.92. The molecule has 7 nitrogen and oxygen atoms in total. The molecule has 0 radical (unpaired) electrons. The molecule has 2 heterocycles. The van der Waals surface area contributed by atoms with E-state index in [4.69, 9.17) is 16.3 Å². The Morgan fingerprint density at radius 3 is 2.46 bits per heavy atom. The normalized spacial score (nSPS) is 14.0. The first-order valence-electron chi connectivity index (χ1n) is 13.0. The highest BCUT2D eigenvalue weighted by atomic mass is 35.5. The van der Waals surface area contributed by atoms with E-state index in [1.165, 1.54) is 12.1 Å². The first kappa shape index (κ1) is 26.7. The molecule has 202 valence electrons. The van der Waals surface area contributed by atoms with Crippen molar-refractivity contribution < 1.29 is 18.7 Å². The highest BCUT2D eigenvalue weighted by Gasteiger charge is 2.25. The van der Waals surface area contributed by atoms with Crippen LogP contribution in [-0.4, -0.2) is 65.5 Å². The molecule has 4 aromatic rings. The van der Waals surface area contributed by atoms with Gasteiger partial charge in [-0.2, -0.15) is 0 Å². The van der Waals surface area contributed by atoms with E-state index >= 15 is 0 Å². The third kappa shape index (κ3) is 6.41. The Bertz CT molecular complexity index is 1480. The van der Waals surface area contributed by atoms with Gasteiger partial charge >= 0.3 is 0 Å². The smallest absolute Gasteiger partial charge is 0.270 e. The predicted octanol–water partition coefficient (Wildman–Crippen LogP) is 5.28. The highest BCUT2D eigenvalue weighted by Crippen LogP contribution is 2.26. The number of hydrogen-bond acceptors (Lipinski definition) is 4. The van der Waals surface area contributed by atoms with Crippen molar-refractivity contribution in [3.8, 4) is 5.75 Å². The number of amides is 2. The number of carbonyl (C=O) groups is 2. The lowest BCUT2D eigenvalue weighted by Gasteiger charge is -2.34. The van der Waals surface area contributed by atoms with Crippen molar-refractivity contribution in [3.63, 3.8) is 0 Å². The maximum atomic E-state index is 13.9. The van der Waals surface area contributed by atoms with Gasteiger partial charge in [0.2, 0.25) is 0 Å². The molecule has 1 saturated heterocycles. The molecular weight excluding hydrogens is 519 g/mol. The van der Waals surface area contributed by atoms with Gasteiger partial charge in [0, 0.05) is 54.3 Å². The SMILES string of the molecule is CCN1CCN(C(=O)c2cc3cc(NC(=O)COc4ccc(Cl)cc4)ccc3n2Cc2cccc(F)c2)CC1. The average molecular weight is 549 g/mol. The summed E-state index contributed by atoms with van der Waals surface area (Å²) in [5, 5.41) is 4.25. The van der Waals surface area contributed by atoms with Gasteiger partial charge in [-0.3, -0.25) is 9.59 Å². The number of nitrogens with one attached hydrogen (secondary N) is 1. The van der Waals surface area contributed by atoms with Crippen LogP contribution >= 0.6 is 11.6 Å². The van der Waals surface area contributed by atoms with Gasteiger partial charge in [0.25, 0.3) is 11.8 Å². The number of ether oxygens (including phenoxy) is 1. The third-order valence-corrected chi connectivity index (χ3v) is 7.18. The maximum absolute atomic E-state index is 13.9. The van der Waals surface area contributed by atoms with Crippen molar-refractivity contribution in [2.24, 2.45) is 0 Å². The molecule has 39 heavy (non-hydrogen) atoms. The van der Waals surface area contributed by atoms with Gasteiger partial charge in [0.05, 0.1) is 0 Å². The topological polar surface area (TPSA) is 66.8 Å². The van der Waals surface area contributed by atoms with Crippen LogP contribution in [0.15, 0.2) is 72.8 Å². The molecule has 0 spiro atoms. The number of fused-ring (bicyclic) bond motifs is 1. The second-order valence-corrected chi connectivity index (χ2v) is 9.97. The number of hydrogen-bond donors (Lipinski definition) is 1. The fourth-order valence-corrected chi connectivity index (χ4v) is 4.95. The van der Waals surface area contributed by atoms with E-state index in [0.717, 1.165) is 36.1 Å². The number of halogens is 2. The van der Waals surface area contributed by atoms with E-state index in [-0.39, 0.29) is 24.2 Å². The van der Waals surface area contributed by atoms with Crippen molar-refractivity contribution in [1.29, 1.82) is 0 Å². The minimum absolute atomic E-state index is 0.0553. The minimum Gasteiger partial charge on any atom is -0.484 e. The van der Waals surface area contributed by atoms with Crippen LogP contribution in [0, 0.1) is 5.82 Å². The molecule has 0 unspecified atom stereocenters. The number of likely N-dealkylation sites (N-methyl/N-ethyl adjacent to an activating group) is 1. The lowest BCUT2D eigenvalue weighted by molar-refractivity contribution is -0.118. The summed E-state index contributed by atoms with van der Waals surface area (Å²) in [4.78, 5) is 30.4. The summed E-state index contributed by atoms with van der Waals surface area (Å²) < 4.78 is 21.4. The van der Waals surface area contributed by atoms with Crippen molar-refractivity contribution in [2.75, 3.05) is 44.6 Å². The standard InChI is InChI=1S/C30H30ClFN4O3/c1-2-34-12-14-35(15-13-34)30(38)28-18-22-17-25(33-29(37)20-39-26-9-6-23(31)7-10-26)8-11-27(22)36(28)19-21-4-3-5-24(32)16-21/h3-11,16-18H,2,12-15,19-20H2,1H3,(H,33,37). The quantitative estimate of drug-likeness (QED) is 0.325. The fourth-order valence-electron chi connectivity index (χ4n) is 4.82. The van der Waals surface area contributed by atoms with Gasteiger partial charge in [0.1, 0.15) is 17.3 Å². The van der Waals surface area contributed by atoms with E-state index in [0.29, 0.717) is 41.8 Å². The van der Waals surface area contributed by atoms with E-state index in [1.807, 2.05) is 33.7 Å². The van der Waals surface area contributed by atoms with Crippen molar-refractivity contribution in [3.05, 3.63) is 94.9 Å². The molecule has 0 saturated carbocycles.